The molecule has 0 heterocycles. The zero-order valence-electron chi connectivity index (χ0n) is 16.6. The van der Waals surface area contributed by atoms with Crippen molar-refractivity contribution in [3.8, 4) is 0 Å². The van der Waals surface area contributed by atoms with Crippen molar-refractivity contribution in [3.63, 3.8) is 0 Å². The van der Waals surface area contributed by atoms with Gasteiger partial charge < -0.3 is 9.80 Å². The number of hydrogen-bond donors (Lipinski definition) is 0. The maximum Gasteiger partial charge on any atom is 0.108 e. The van der Waals surface area contributed by atoms with Crippen molar-refractivity contribution in [3.05, 3.63) is 0 Å². The maximum atomic E-state index is 5.86. The van der Waals surface area contributed by atoms with Gasteiger partial charge in [-0.1, -0.05) is 27.7 Å². The summed E-state index contributed by atoms with van der Waals surface area (Å²) in [5.74, 6) is 0.855. The van der Waals surface area contributed by atoms with Gasteiger partial charge in [0.15, 0.2) is 0 Å². The molecular weight excluding hydrogens is 276 g/mol. The molecule has 0 fully saturated rings. The molecule has 134 valence electrons. The summed E-state index contributed by atoms with van der Waals surface area (Å²) in [5, 5.41) is 0. The molecule has 0 rings (SSSR count). The minimum atomic E-state index is 0.0954. The summed E-state index contributed by atoms with van der Waals surface area (Å²) in [7, 11) is 4.27. The van der Waals surface area contributed by atoms with Crippen molar-refractivity contribution in [2.45, 2.75) is 79.7 Å². The van der Waals surface area contributed by atoms with E-state index in [1.807, 2.05) is 0 Å². The molecule has 0 saturated heterocycles. The van der Waals surface area contributed by atoms with Crippen molar-refractivity contribution in [1.82, 2.24) is 9.80 Å². The Morgan fingerprint density at radius 3 is 1.05 bits per heavy atom. The summed E-state index contributed by atoms with van der Waals surface area (Å²) >= 11 is 0. The molecule has 0 spiro atoms. The average molecular weight is 317 g/mol. The topological polar surface area (TPSA) is 24.9 Å². The molecule has 0 amide bonds. The zero-order chi connectivity index (χ0) is 17.4. The highest BCUT2D eigenvalue weighted by Gasteiger charge is 2.24. The Kier molecular flexibility index (Phi) is 10.5. The molecule has 0 aliphatic rings. The van der Waals surface area contributed by atoms with E-state index in [-0.39, 0.29) is 12.2 Å². The first kappa shape index (κ1) is 21.8. The lowest BCUT2D eigenvalue weighted by Crippen LogP contribution is -2.42. The van der Waals surface area contributed by atoms with E-state index >= 15 is 0 Å². The Hall–Kier alpha value is -0.160. The lowest BCUT2D eigenvalue weighted by atomic mass is 10.1. The second-order valence-corrected chi connectivity index (χ2v) is 7.82. The molecule has 0 aromatic carbocycles. The highest BCUT2D eigenvalue weighted by atomic mass is 17.2. The van der Waals surface area contributed by atoms with Gasteiger partial charge in [-0.25, -0.2) is 9.78 Å². The summed E-state index contributed by atoms with van der Waals surface area (Å²) in [6.07, 6.45) is 0.191. The first-order chi connectivity index (χ1) is 10.1. The monoisotopic (exact) mass is 316 g/mol. The molecule has 0 aromatic heterocycles. The normalized spacial score (nSPS) is 15.8. The molecule has 4 heteroatoms. The molecule has 0 aromatic rings. The summed E-state index contributed by atoms with van der Waals surface area (Å²) < 4.78 is 0. The van der Waals surface area contributed by atoms with Gasteiger partial charge >= 0.3 is 0 Å². The SMILES string of the molecule is CC(C)C(CN(C)C(C)C)OOC(CN(C)C(C)C)C(C)C. The third-order valence-corrected chi connectivity index (χ3v) is 4.49. The van der Waals surface area contributed by atoms with Crippen LogP contribution in [0.2, 0.25) is 0 Å². The van der Waals surface area contributed by atoms with E-state index in [1.54, 1.807) is 0 Å². The largest absolute Gasteiger partial charge is 0.301 e. The van der Waals surface area contributed by atoms with Crippen molar-refractivity contribution in [1.29, 1.82) is 0 Å². The van der Waals surface area contributed by atoms with Crippen LogP contribution in [0, 0.1) is 11.8 Å². The van der Waals surface area contributed by atoms with Gasteiger partial charge in [-0.2, -0.15) is 0 Å². The molecule has 0 bridgehead atoms. The lowest BCUT2D eigenvalue weighted by molar-refractivity contribution is -0.366. The Labute approximate surface area is 139 Å². The Balaban J connectivity index is 4.57. The Morgan fingerprint density at radius 2 is 0.864 bits per heavy atom. The van der Waals surface area contributed by atoms with Crippen LogP contribution >= 0.6 is 0 Å². The molecule has 22 heavy (non-hydrogen) atoms. The smallest absolute Gasteiger partial charge is 0.108 e. The number of rotatable bonds is 11. The van der Waals surface area contributed by atoms with Crippen LogP contribution in [0.25, 0.3) is 0 Å². The summed E-state index contributed by atoms with van der Waals surface area (Å²) in [6.45, 7) is 19.3. The van der Waals surface area contributed by atoms with Crippen LogP contribution in [-0.4, -0.2) is 61.3 Å². The van der Waals surface area contributed by atoms with Crippen molar-refractivity contribution in [2.75, 3.05) is 27.2 Å². The highest BCUT2D eigenvalue weighted by Crippen LogP contribution is 2.15. The fourth-order valence-electron chi connectivity index (χ4n) is 1.84. The van der Waals surface area contributed by atoms with Crippen molar-refractivity contribution in [2.24, 2.45) is 11.8 Å². The van der Waals surface area contributed by atoms with Crippen LogP contribution in [0.3, 0.4) is 0 Å². The molecule has 2 unspecified atom stereocenters. The molecule has 0 aliphatic heterocycles. The van der Waals surface area contributed by atoms with E-state index in [9.17, 15) is 0 Å². The molecule has 0 aliphatic carbocycles. The van der Waals surface area contributed by atoms with Crippen molar-refractivity contribution < 1.29 is 9.78 Å². The lowest BCUT2D eigenvalue weighted by Gasteiger charge is -2.32. The third kappa shape index (κ3) is 8.47. The molecule has 2 atom stereocenters. The maximum absolute atomic E-state index is 5.86. The fraction of sp³-hybridized carbons (Fsp3) is 1.00. The van der Waals surface area contributed by atoms with Crippen LogP contribution in [0.15, 0.2) is 0 Å². The fourth-order valence-corrected chi connectivity index (χ4v) is 1.84. The quantitative estimate of drug-likeness (QED) is 0.429. The van der Waals surface area contributed by atoms with Gasteiger partial charge in [-0.3, -0.25) is 0 Å². The van der Waals surface area contributed by atoms with Gasteiger partial charge in [0.2, 0.25) is 0 Å². The van der Waals surface area contributed by atoms with E-state index in [1.165, 1.54) is 0 Å². The number of hydrogen-bond acceptors (Lipinski definition) is 4. The van der Waals surface area contributed by atoms with Gasteiger partial charge in [-0.05, 0) is 53.6 Å². The van der Waals surface area contributed by atoms with Crippen LogP contribution in [0.1, 0.15) is 55.4 Å². The standard InChI is InChI=1S/C18H40N2O2/c1-13(2)17(11-19(9)15(5)6)21-22-18(14(3)4)12-20(10)16(7)8/h13-18H,11-12H2,1-10H3. The predicted molar refractivity (Wildman–Crippen MR) is 95.0 cm³/mol. The Bertz CT molecular complexity index is 252. The van der Waals surface area contributed by atoms with E-state index in [2.05, 4.69) is 79.3 Å². The molecule has 4 nitrogen and oxygen atoms in total. The summed E-state index contributed by atoms with van der Waals surface area (Å²) in [5.41, 5.74) is 0. The number of nitrogens with zero attached hydrogens (tertiary/aromatic N) is 2. The molecular formula is C18H40N2O2. The summed E-state index contributed by atoms with van der Waals surface area (Å²) in [4.78, 5) is 16.3. The first-order valence-corrected chi connectivity index (χ1v) is 8.78. The highest BCUT2D eigenvalue weighted by molar-refractivity contribution is 4.70. The third-order valence-electron chi connectivity index (χ3n) is 4.49. The van der Waals surface area contributed by atoms with Gasteiger partial charge in [0.25, 0.3) is 0 Å². The van der Waals surface area contributed by atoms with Crippen LogP contribution in [-0.2, 0) is 9.78 Å². The zero-order valence-corrected chi connectivity index (χ0v) is 16.6. The molecule has 0 N–H and O–H groups in total. The second-order valence-electron chi connectivity index (χ2n) is 7.82. The van der Waals surface area contributed by atoms with Gasteiger partial charge in [0.05, 0.1) is 0 Å². The van der Waals surface area contributed by atoms with Crippen LogP contribution in [0.5, 0.6) is 0 Å². The number of likely N-dealkylation sites (N-methyl/N-ethyl adjacent to an activating group) is 2. The van der Waals surface area contributed by atoms with E-state index in [0.717, 1.165) is 13.1 Å². The first-order valence-electron chi connectivity index (χ1n) is 8.78. The van der Waals surface area contributed by atoms with Gasteiger partial charge in [0.1, 0.15) is 12.2 Å². The minimum absolute atomic E-state index is 0.0954. The van der Waals surface area contributed by atoms with Crippen LogP contribution in [0.4, 0.5) is 0 Å². The summed E-state index contributed by atoms with van der Waals surface area (Å²) in [6, 6.07) is 1.02. The molecule has 0 radical (unpaired) electrons. The van der Waals surface area contributed by atoms with Gasteiger partial charge in [0, 0.05) is 25.2 Å². The van der Waals surface area contributed by atoms with E-state index in [4.69, 9.17) is 9.78 Å². The minimum Gasteiger partial charge on any atom is -0.301 e. The average Bonchev–Trinajstić information content (AvgIpc) is 2.40. The Morgan fingerprint density at radius 1 is 0.591 bits per heavy atom. The molecule has 0 saturated carbocycles. The van der Waals surface area contributed by atoms with Crippen LogP contribution < -0.4 is 0 Å². The van der Waals surface area contributed by atoms with E-state index in [0.29, 0.717) is 23.9 Å². The second kappa shape index (κ2) is 10.6. The van der Waals surface area contributed by atoms with E-state index < -0.39 is 0 Å². The van der Waals surface area contributed by atoms with Crippen molar-refractivity contribution >= 4 is 0 Å². The predicted octanol–water partition coefficient (Wildman–Crippen LogP) is 3.66. The van der Waals surface area contributed by atoms with Gasteiger partial charge in [-0.15, -0.1) is 0 Å².